The molecule has 3 heteroatoms. The number of imidazole rings is 2. The molecule has 28 heavy (non-hydrogen) atoms. The van der Waals surface area contributed by atoms with Crippen molar-refractivity contribution in [3.63, 3.8) is 0 Å². The Kier molecular flexibility index (Phi) is 3.17. The van der Waals surface area contributed by atoms with Crippen LogP contribution in [0.2, 0.25) is 0 Å². The minimum atomic E-state index is 0.936. The Morgan fingerprint density at radius 2 is 1.18 bits per heavy atom. The molecule has 0 bridgehead atoms. The second-order valence-corrected chi connectivity index (χ2v) is 6.94. The molecule has 6 rings (SSSR count). The normalized spacial score (nSPS) is 11.6. The van der Waals surface area contributed by atoms with Gasteiger partial charge in [-0.15, -0.1) is 0 Å². The highest BCUT2D eigenvalue weighted by atomic mass is 15.2. The van der Waals surface area contributed by atoms with Crippen molar-refractivity contribution in [2.75, 3.05) is 0 Å². The Bertz CT molecular complexity index is 1460. The molecule has 6 aromatic rings. The average molecular weight is 359 g/mol. The third kappa shape index (κ3) is 2.07. The predicted molar refractivity (Wildman–Crippen MR) is 115 cm³/mol. The van der Waals surface area contributed by atoms with Gasteiger partial charge in [-0.3, -0.25) is 8.97 Å². The van der Waals surface area contributed by atoms with Gasteiger partial charge in [0.2, 0.25) is 5.78 Å². The van der Waals surface area contributed by atoms with Crippen molar-refractivity contribution in [1.29, 1.82) is 0 Å². The van der Waals surface area contributed by atoms with Gasteiger partial charge in [-0.2, -0.15) is 0 Å². The van der Waals surface area contributed by atoms with Crippen LogP contribution in [0.5, 0.6) is 0 Å². The molecule has 0 unspecified atom stereocenters. The number of benzene rings is 4. The molecule has 4 aromatic carbocycles. The lowest BCUT2D eigenvalue weighted by atomic mass is 10.0. The number of nitrogens with zero attached hydrogens (tertiary/aromatic N) is 3. The van der Waals surface area contributed by atoms with Crippen LogP contribution in [0.1, 0.15) is 0 Å². The zero-order valence-electron chi connectivity index (χ0n) is 15.2. The van der Waals surface area contributed by atoms with Crippen LogP contribution in [0.4, 0.5) is 0 Å². The first kappa shape index (κ1) is 15.2. The van der Waals surface area contributed by atoms with E-state index in [9.17, 15) is 0 Å². The first-order valence-corrected chi connectivity index (χ1v) is 9.43. The van der Waals surface area contributed by atoms with E-state index in [1.165, 1.54) is 11.1 Å². The lowest BCUT2D eigenvalue weighted by molar-refractivity contribution is 1.11. The van der Waals surface area contributed by atoms with E-state index >= 15 is 0 Å². The van der Waals surface area contributed by atoms with E-state index in [-0.39, 0.29) is 0 Å². The van der Waals surface area contributed by atoms with E-state index < -0.39 is 0 Å². The van der Waals surface area contributed by atoms with Crippen LogP contribution < -0.4 is 0 Å². The van der Waals surface area contributed by atoms with Crippen LogP contribution >= 0.6 is 0 Å². The third-order valence-corrected chi connectivity index (χ3v) is 5.34. The zero-order valence-corrected chi connectivity index (χ0v) is 15.2. The summed E-state index contributed by atoms with van der Waals surface area (Å²) < 4.78 is 4.53. The van der Waals surface area contributed by atoms with Crippen LogP contribution in [0.15, 0.2) is 103 Å². The van der Waals surface area contributed by atoms with Gasteiger partial charge in [-0.1, -0.05) is 72.8 Å². The fourth-order valence-electron chi connectivity index (χ4n) is 4.12. The summed E-state index contributed by atoms with van der Waals surface area (Å²) in [5.41, 5.74) is 7.98. The number of hydrogen-bond acceptors (Lipinski definition) is 1. The largest absolute Gasteiger partial charge is 0.278 e. The second kappa shape index (κ2) is 5.83. The van der Waals surface area contributed by atoms with E-state index in [2.05, 4.69) is 106 Å². The first-order valence-electron chi connectivity index (χ1n) is 9.43. The van der Waals surface area contributed by atoms with Crippen LogP contribution in [0.3, 0.4) is 0 Å². The highest BCUT2D eigenvalue weighted by Gasteiger charge is 2.18. The van der Waals surface area contributed by atoms with Gasteiger partial charge in [0.05, 0.1) is 27.8 Å². The minimum Gasteiger partial charge on any atom is -0.278 e. The van der Waals surface area contributed by atoms with E-state index in [0.29, 0.717) is 0 Å². The van der Waals surface area contributed by atoms with Gasteiger partial charge < -0.3 is 0 Å². The molecular weight excluding hydrogens is 342 g/mol. The summed E-state index contributed by atoms with van der Waals surface area (Å²) in [5.74, 6) is 0.936. The summed E-state index contributed by atoms with van der Waals surface area (Å²) in [7, 11) is 0. The molecule has 2 heterocycles. The van der Waals surface area contributed by atoms with E-state index in [1.54, 1.807) is 0 Å². The monoisotopic (exact) mass is 359 g/mol. The fourth-order valence-corrected chi connectivity index (χ4v) is 4.12. The predicted octanol–water partition coefficient (Wildman–Crippen LogP) is 6.10. The maximum Gasteiger partial charge on any atom is 0.220 e. The van der Waals surface area contributed by atoms with Crippen LogP contribution in [-0.4, -0.2) is 14.0 Å². The summed E-state index contributed by atoms with van der Waals surface area (Å²) in [4.78, 5) is 4.99. The van der Waals surface area contributed by atoms with Crippen molar-refractivity contribution >= 4 is 27.8 Å². The van der Waals surface area contributed by atoms with Crippen molar-refractivity contribution in [1.82, 2.24) is 14.0 Å². The molecular formula is C25H17N3. The Labute approximate surface area is 162 Å². The summed E-state index contributed by atoms with van der Waals surface area (Å²) >= 11 is 0. The number of fused-ring (bicyclic) bond motifs is 5. The lowest BCUT2D eigenvalue weighted by Crippen LogP contribution is -1.98. The first-order chi connectivity index (χ1) is 13.9. The third-order valence-electron chi connectivity index (χ3n) is 5.34. The smallest absolute Gasteiger partial charge is 0.220 e. The quantitative estimate of drug-likeness (QED) is 0.366. The maximum absolute atomic E-state index is 4.99. The average Bonchev–Trinajstić information content (AvgIpc) is 3.29. The second-order valence-electron chi connectivity index (χ2n) is 6.94. The van der Waals surface area contributed by atoms with E-state index in [0.717, 1.165) is 33.5 Å². The van der Waals surface area contributed by atoms with Gasteiger partial charge in [-0.25, -0.2) is 4.98 Å². The Morgan fingerprint density at radius 1 is 0.536 bits per heavy atom. The van der Waals surface area contributed by atoms with Gasteiger partial charge in [0.1, 0.15) is 0 Å². The van der Waals surface area contributed by atoms with Crippen LogP contribution in [0.25, 0.3) is 44.7 Å². The fraction of sp³-hybridized carbons (Fsp3) is 0. The molecule has 0 aliphatic rings. The highest BCUT2D eigenvalue weighted by Crippen LogP contribution is 2.33. The van der Waals surface area contributed by atoms with Crippen molar-refractivity contribution in [2.45, 2.75) is 0 Å². The Morgan fingerprint density at radius 3 is 2.04 bits per heavy atom. The number of para-hydroxylation sites is 5. The van der Waals surface area contributed by atoms with Gasteiger partial charge >= 0.3 is 0 Å². The summed E-state index contributed by atoms with van der Waals surface area (Å²) in [6, 6.07) is 35.9. The molecule has 2 aromatic heterocycles. The highest BCUT2D eigenvalue weighted by molar-refractivity contribution is 5.93. The van der Waals surface area contributed by atoms with Gasteiger partial charge in [0.15, 0.2) is 0 Å². The molecule has 0 atom stereocenters. The van der Waals surface area contributed by atoms with Gasteiger partial charge in [-0.05, 0) is 35.9 Å². The summed E-state index contributed by atoms with van der Waals surface area (Å²) in [6.07, 6.45) is 0. The number of aromatic nitrogens is 3. The summed E-state index contributed by atoms with van der Waals surface area (Å²) in [5, 5.41) is 0. The van der Waals surface area contributed by atoms with E-state index in [4.69, 9.17) is 4.98 Å². The van der Waals surface area contributed by atoms with Gasteiger partial charge in [0, 0.05) is 5.56 Å². The zero-order chi connectivity index (χ0) is 18.5. The molecule has 0 aliphatic carbocycles. The summed E-state index contributed by atoms with van der Waals surface area (Å²) in [6.45, 7) is 0. The molecule has 132 valence electrons. The standard InChI is InChI=1S/C25H17N3/c1-2-10-18(11-3-1)19-12-4-6-14-21(19)27-23-16-8-9-17-24(23)28-22-15-7-5-13-20(22)26-25(27)28/h1-17H. The molecule has 0 fully saturated rings. The SMILES string of the molecule is c1ccc(-c2ccccc2-n2c3ccccc3n3c4ccccc4nc23)cc1. The topological polar surface area (TPSA) is 22.2 Å². The molecule has 0 radical (unpaired) electrons. The maximum atomic E-state index is 4.99. The molecule has 0 amide bonds. The molecule has 0 saturated heterocycles. The minimum absolute atomic E-state index is 0.936. The molecule has 3 nitrogen and oxygen atoms in total. The number of hydrogen-bond donors (Lipinski definition) is 0. The van der Waals surface area contributed by atoms with Crippen LogP contribution in [-0.2, 0) is 0 Å². The van der Waals surface area contributed by atoms with Crippen molar-refractivity contribution in [3.8, 4) is 16.8 Å². The lowest BCUT2D eigenvalue weighted by Gasteiger charge is -2.12. The van der Waals surface area contributed by atoms with Crippen molar-refractivity contribution < 1.29 is 0 Å². The molecule has 0 saturated carbocycles. The van der Waals surface area contributed by atoms with Crippen molar-refractivity contribution in [2.24, 2.45) is 0 Å². The molecule has 0 N–H and O–H groups in total. The molecule has 0 spiro atoms. The van der Waals surface area contributed by atoms with Gasteiger partial charge in [0.25, 0.3) is 0 Å². The Hall–Kier alpha value is -3.85. The number of rotatable bonds is 2. The van der Waals surface area contributed by atoms with Crippen LogP contribution in [0, 0.1) is 0 Å². The molecule has 0 aliphatic heterocycles. The van der Waals surface area contributed by atoms with E-state index in [1.807, 2.05) is 6.07 Å². The Balaban J connectivity index is 1.79. The van der Waals surface area contributed by atoms with Crippen molar-refractivity contribution in [3.05, 3.63) is 103 Å².